The van der Waals surface area contributed by atoms with Crippen molar-refractivity contribution in [3.05, 3.63) is 0 Å². The van der Waals surface area contributed by atoms with Crippen LogP contribution in [0.25, 0.3) is 0 Å². The van der Waals surface area contributed by atoms with Crippen LogP contribution in [0, 0.1) is 0 Å². The summed E-state index contributed by atoms with van der Waals surface area (Å²) in [4.78, 5) is 20.1. The van der Waals surface area contributed by atoms with Crippen molar-refractivity contribution < 1.29 is 14.3 Å². The van der Waals surface area contributed by atoms with E-state index >= 15 is 0 Å². The summed E-state index contributed by atoms with van der Waals surface area (Å²) in [6.07, 6.45) is 1.79. The van der Waals surface area contributed by atoms with E-state index in [4.69, 9.17) is 23.2 Å². The second-order valence-electron chi connectivity index (χ2n) is 2.20. The fourth-order valence-electron chi connectivity index (χ4n) is 0.529. The van der Waals surface area contributed by atoms with Gasteiger partial charge in [-0.25, -0.2) is 4.79 Å². The molecule has 0 aliphatic rings. The summed E-state index contributed by atoms with van der Waals surface area (Å²) in [7, 11) is 0. The van der Waals surface area contributed by atoms with Crippen LogP contribution in [-0.2, 0) is 14.3 Å². The molecule has 0 bridgehead atoms. The van der Waals surface area contributed by atoms with Gasteiger partial charge in [0.2, 0.25) is 4.84 Å². The van der Waals surface area contributed by atoms with E-state index in [1.165, 1.54) is 0 Å². The maximum atomic E-state index is 10.8. The van der Waals surface area contributed by atoms with E-state index in [0.717, 1.165) is 6.42 Å². The van der Waals surface area contributed by atoms with Crippen molar-refractivity contribution in [3.63, 3.8) is 0 Å². The first-order valence-corrected chi connectivity index (χ1v) is 4.48. The van der Waals surface area contributed by atoms with Crippen molar-refractivity contribution in [1.29, 1.82) is 0 Å². The zero-order valence-electron chi connectivity index (χ0n) is 6.68. The normalized spacial score (nSPS) is 10.0. The first-order chi connectivity index (χ1) is 5.57. The average Bonchev–Trinajstić information content (AvgIpc) is 2.00. The molecule has 0 aliphatic carbocycles. The quantitative estimate of drug-likeness (QED) is 0.407. The molecule has 0 spiro atoms. The monoisotopic (exact) mass is 212 g/mol. The summed E-state index contributed by atoms with van der Waals surface area (Å²) in [6, 6.07) is 0. The molecule has 0 aliphatic heterocycles. The molecule has 0 saturated carbocycles. The molecule has 3 nitrogen and oxygen atoms in total. The zero-order chi connectivity index (χ0) is 9.56. The molecule has 0 amide bonds. The minimum Gasteiger partial charge on any atom is -0.391 e. The molecule has 0 atom stereocenters. The summed E-state index contributed by atoms with van der Waals surface area (Å²) in [5.41, 5.74) is 0. The largest absolute Gasteiger partial charge is 0.391 e. The predicted octanol–water partition coefficient (Wildman–Crippen LogP) is 2.05. The van der Waals surface area contributed by atoms with Crippen molar-refractivity contribution >= 4 is 35.1 Å². The van der Waals surface area contributed by atoms with Gasteiger partial charge < -0.3 is 4.74 Å². The molecule has 70 valence electrons. The highest BCUT2D eigenvalue weighted by atomic mass is 35.5. The van der Waals surface area contributed by atoms with Crippen LogP contribution in [0.1, 0.15) is 26.2 Å². The summed E-state index contributed by atoms with van der Waals surface area (Å²) < 4.78 is 4.27. The fraction of sp³-hybridized carbons (Fsp3) is 0.714. The highest BCUT2D eigenvalue weighted by Crippen LogP contribution is 2.05. The smallest absolute Gasteiger partial charge is 0.347 e. The number of hydrogen-bond acceptors (Lipinski definition) is 3. The SMILES string of the molecule is CCCCC(=O)OC(=O)C(Cl)Cl. The number of esters is 2. The molecule has 0 unspecified atom stereocenters. The first-order valence-electron chi connectivity index (χ1n) is 3.60. The van der Waals surface area contributed by atoms with Crippen LogP contribution < -0.4 is 0 Å². The number of hydrogen-bond donors (Lipinski definition) is 0. The third-order valence-corrected chi connectivity index (χ3v) is 1.48. The van der Waals surface area contributed by atoms with Gasteiger partial charge in [-0.3, -0.25) is 4.79 Å². The van der Waals surface area contributed by atoms with E-state index in [-0.39, 0.29) is 6.42 Å². The number of carbonyl (C=O) groups excluding carboxylic acids is 2. The summed E-state index contributed by atoms with van der Waals surface area (Å²) >= 11 is 10.3. The molecule has 0 aromatic rings. The minimum atomic E-state index is -1.28. The average molecular weight is 213 g/mol. The van der Waals surface area contributed by atoms with Crippen LogP contribution >= 0.6 is 23.2 Å². The van der Waals surface area contributed by atoms with Crippen LogP contribution in [0.3, 0.4) is 0 Å². The number of carbonyl (C=O) groups is 2. The predicted molar refractivity (Wildman–Crippen MR) is 46.1 cm³/mol. The van der Waals surface area contributed by atoms with Crippen LogP contribution in [0.4, 0.5) is 0 Å². The molecule has 0 rings (SSSR count). The lowest BCUT2D eigenvalue weighted by atomic mass is 10.2. The highest BCUT2D eigenvalue weighted by Gasteiger charge is 2.16. The third-order valence-electron chi connectivity index (χ3n) is 1.13. The van der Waals surface area contributed by atoms with Gasteiger partial charge in [0.05, 0.1) is 0 Å². The molecule has 0 aromatic carbocycles. The minimum absolute atomic E-state index is 0.225. The molecule has 0 radical (unpaired) electrons. The van der Waals surface area contributed by atoms with E-state index in [1.54, 1.807) is 0 Å². The number of halogens is 2. The Bertz CT molecular complexity index is 168. The lowest BCUT2D eigenvalue weighted by molar-refractivity contribution is -0.158. The second-order valence-corrected chi connectivity index (χ2v) is 3.29. The number of rotatable bonds is 4. The first kappa shape index (κ1) is 11.7. The highest BCUT2D eigenvalue weighted by molar-refractivity contribution is 6.53. The summed E-state index contributed by atoms with van der Waals surface area (Å²) in [5.74, 6) is -1.48. The van der Waals surface area contributed by atoms with Crippen LogP contribution in [0.5, 0.6) is 0 Å². The van der Waals surface area contributed by atoms with Gasteiger partial charge in [-0.05, 0) is 6.42 Å². The molecule has 0 fully saturated rings. The van der Waals surface area contributed by atoms with Gasteiger partial charge in [-0.15, -0.1) is 0 Å². The topological polar surface area (TPSA) is 43.4 Å². The Balaban J connectivity index is 3.62. The molecule has 0 aromatic heterocycles. The zero-order valence-corrected chi connectivity index (χ0v) is 8.19. The molecular formula is C7H10Cl2O3. The van der Waals surface area contributed by atoms with E-state index in [0.29, 0.717) is 6.42 Å². The van der Waals surface area contributed by atoms with Gasteiger partial charge in [0.15, 0.2) is 0 Å². The van der Waals surface area contributed by atoms with E-state index in [2.05, 4.69) is 4.74 Å². The molecular weight excluding hydrogens is 203 g/mol. The third kappa shape index (κ3) is 5.38. The van der Waals surface area contributed by atoms with Gasteiger partial charge in [0.25, 0.3) is 0 Å². The number of alkyl halides is 2. The number of unbranched alkanes of at least 4 members (excludes halogenated alkanes) is 1. The molecule has 0 N–H and O–H groups in total. The molecule has 0 heterocycles. The Hall–Kier alpha value is -0.280. The Morgan fingerprint density at radius 3 is 2.42 bits per heavy atom. The standard InChI is InChI=1S/C7H10Cl2O3/c1-2-3-4-5(10)12-7(11)6(8)9/h6H,2-4H2,1H3. The van der Waals surface area contributed by atoms with E-state index in [1.807, 2.05) is 6.92 Å². The van der Waals surface area contributed by atoms with Crippen LogP contribution in [0.2, 0.25) is 0 Å². The lowest BCUT2D eigenvalue weighted by Crippen LogP contribution is -2.17. The Morgan fingerprint density at radius 1 is 1.42 bits per heavy atom. The van der Waals surface area contributed by atoms with Crippen LogP contribution in [0.15, 0.2) is 0 Å². The lowest BCUT2D eigenvalue weighted by Gasteiger charge is -2.01. The van der Waals surface area contributed by atoms with Crippen molar-refractivity contribution in [3.8, 4) is 0 Å². The number of ether oxygens (including phenoxy) is 1. The van der Waals surface area contributed by atoms with Crippen molar-refractivity contribution in [2.24, 2.45) is 0 Å². The van der Waals surface area contributed by atoms with Gasteiger partial charge in [-0.2, -0.15) is 0 Å². The van der Waals surface area contributed by atoms with Gasteiger partial charge in [0.1, 0.15) is 0 Å². The summed E-state index contributed by atoms with van der Waals surface area (Å²) in [5, 5.41) is 0. The molecule has 12 heavy (non-hydrogen) atoms. The summed E-state index contributed by atoms with van der Waals surface area (Å²) in [6.45, 7) is 1.93. The molecule has 5 heteroatoms. The van der Waals surface area contributed by atoms with Gasteiger partial charge in [0, 0.05) is 6.42 Å². The Labute approximate surface area is 81.0 Å². The maximum Gasteiger partial charge on any atom is 0.347 e. The van der Waals surface area contributed by atoms with Gasteiger partial charge >= 0.3 is 11.9 Å². The fourth-order valence-corrected chi connectivity index (χ4v) is 0.618. The Kier molecular flexibility index (Phi) is 6.11. The van der Waals surface area contributed by atoms with Crippen molar-refractivity contribution in [1.82, 2.24) is 0 Å². The van der Waals surface area contributed by atoms with Crippen LogP contribution in [-0.4, -0.2) is 16.8 Å². The molecule has 0 saturated heterocycles. The second kappa shape index (κ2) is 6.26. The van der Waals surface area contributed by atoms with Crippen molar-refractivity contribution in [2.75, 3.05) is 0 Å². The van der Waals surface area contributed by atoms with E-state index in [9.17, 15) is 9.59 Å². The maximum absolute atomic E-state index is 10.8. The van der Waals surface area contributed by atoms with Crippen molar-refractivity contribution in [2.45, 2.75) is 31.0 Å². The van der Waals surface area contributed by atoms with Gasteiger partial charge in [-0.1, -0.05) is 36.5 Å². The Morgan fingerprint density at radius 2 is 2.00 bits per heavy atom. The van der Waals surface area contributed by atoms with E-state index < -0.39 is 16.8 Å².